The first-order chi connectivity index (χ1) is 16.6. The van der Waals surface area contributed by atoms with E-state index in [4.69, 9.17) is 11.6 Å². The van der Waals surface area contributed by atoms with Gasteiger partial charge in [0.1, 0.15) is 10.7 Å². The number of rotatable bonds is 7. The molecule has 1 aromatic carbocycles. The van der Waals surface area contributed by atoms with E-state index in [-0.39, 0.29) is 28.8 Å². The molecule has 0 unspecified atom stereocenters. The molecule has 1 atom stereocenters. The predicted molar refractivity (Wildman–Crippen MR) is 125 cm³/mol. The number of thiazole rings is 1. The van der Waals surface area contributed by atoms with Crippen LogP contribution in [0.5, 0.6) is 0 Å². The summed E-state index contributed by atoms with van der Waals surface area (Å²) >= 11 is 6.60. The number of ketones is 1. The highest BCUT2D eigenvalue weighted by molar-refractivity contribution is 7.13. The Kier molecular flexibility index (Phi) is 6.99. The van der Waals surface area contributed by atoms with Crippen LogP contribution in [0.3, 0.4) is 0 Å². The Bertz CT molecular complexity index is 1370. The zero-order valence-corrected chi connectivity index (χ0v) is 19.7. The molecule has 0 bridgehead atoms. The number of nitrogens with one attached hydrogen (secondary N) is 1. The minimum absolute atomic E-state index is 0.133. The minimum Gasteiger partial charge on any atom is -0.306 e. The van der Waals surface area contributed by atoms with Gasteiger partial charge >= 0.3 is 6.18 Å². The lowest BCUT2D eigenvalue weighted by Crippen LogP contribution is -2.13. The molecule has 180 valence electrons. The van der Waals surface area contributed by atoms with Gasteiger partial charge in [0.05, 0.1) is 39.2 Å². The van der Waals surface area contributed by atoms with Crippen LogP contribution in [0.4, 0.5) is 19.0 Å². The Labute approximate surface area is 206 Å². The SMILES string of the molecule is C[C@@H](CC(=O)c1cnn(-c2ccccc2)c1)c1ncc(C(=O)Nc2cc(C(F)(F)F)c(Cl)cn2)s1. The number of hydrogen-bond acceptors (Lipinski definition) is 6. The van der Waals surface area contributed by atoms with Crippen molar-refractivity contribution in [1.29, 1.82) is 0 Å². The molecule has 35 heavy (non-hydrogen) atoms. The average molecular weight is 520 g/mol. The molecule has 0 aliphatic carbocycles. The quantitative estimate of drug-likeness (QED) is 0.301. The smallest absolute Gasteiger partial charge is 0.306 e. The molecule has 0 aliphatic rings. The van der Waals surface area contributed by atoms with Crippen molar-refractivity contribution in [2.75, 3.05) is 5.32 Å². The van der Waals surface area contributed by atoms with Gasteiger partial charge in [0, 0.05) is 24.7 Å². The molecule has 1 N–H and O–H groups in total. The number of amides is 1. The van der Waals surface area contributed by atoms with Gasteiger partial charge in [-0.1, -0.05) is 36.7 Å². The molecule has 0 aliphatic heterocycles. The minimum atomic E-state index is -4.68. The maximum atomic E-state index is 13.0. The van der Waals surface area contributed by atoms with Gasteiger partial charge in [-0.2, -0.15) is 18.3 Å². The summed E-state index contributed by atoms with van der Waals surface area (Å²) in [5, 5.41) is 6.52. The maximum absolute atomic E-state index is 13.0. The van der Waals surface area contributed by atoms with E-state index in [1.807, 2.05) is 30.3 Å². The number of benzene rings is 1. The van der Waals surface area contributed by atoms with Gasteiger partial charge in [0.25, 0.3) is 5.91 Å². The van der Waals surface area contributed by atoms with E-state index in [9.17, 15) is 22.8 Å². The molecule has 12 heteroatoms. The summed E-state index contributed by atoms with van der Waals surface area (Å²) < 4.78 is 40.7. The van der Waals surface area contributed by atoms with E-state index < -0.39 is 22.7 Å². The fourth-order valence-corrected chi connectivity index (χ4v) is 4.27. The molecule has 0 saturated carbocycles. The third-order valence-corrected chi connectivity index (χ3v) is 6.52. The summed E-state index contributed by atoms with van der Waals surface area (Å²) in [6, 6.07) is 10.0. The lowest BCUT2D eigenvalue weighted by molar-refractivity contribution is -0.137. The highest BCUT2D eigenvalue weighted by Gasteiger charge is 2.34. The van der Waals surface area contributed by atoms with Crippen molar-refractivity contribution in [3.8, 4) is 5.69 Å². The van der Waals surface area contributed by atoms with Crippen LogP contribution in [-0.2, 0) is 6.18 Å². The molecular formula is C23H17ClF3N5O2S. The van der Waals surface area contributed by atoms with Gasteiger partial charge in [0.2, 0.25) is 0 Å². The van der Waals surface area contributed by atoms with Gasteiger partial charge < -0.3 is 5.32 Å². The number of para-hydroxylation sites is 1. The number of halogens is 4. The van der Waals surface area contributed by atoms with Gasteiger partial charge in [0.15, 0.2) is 5.78 Å². The van der Waals surface area contributed by atoms with E-state index in [0.717, 1.165) is 23.2 Å². The molecule has 3 aromatic heterocycles. The summed E-state index contributed by atoms with van der Waals surface area (Å²) in [7, 11) is 0. The summed E-state index contributed by atoms with van der Waals surface area (Å²) in [4.78, 5) is 33.3. The lowest BCUT2D eigenvalue weighted by Gasteiger charge is -2.10. The number of nitrogens with zero attached hydrogens (tertiary/aromatic N) is 4. The zero-order valence-electron chi connectivity index (χ0n) is 18.1. The number of aromatic nitrogens is 4. The second-order valence-corrected chi connectivity index (χ2v) is 9.07. The number of pyridine rings is 1. The van der Waals surface area contributed by atoms with Crippen LogP contribution in [0, 0.1) is 0 Å². The van der Waals surface area contributed by atoms with E-state index in [1.54, 1.807) is 17.8 Å². The third kappa shape index (κ3) is 5.75. The zero-order chi connectivity index (χ0) is 25.2. The van der Waals surface area contributed by atoms with Crippen LogP contribution in [0.1, 0.15) is 49.9 Å². The van der Waals surface area contributed by atoms with Gasteiger partial charge in [-0.05, 0) is 18.2 Å². The molecule has 0 saturated heterocycles. The Hall–Kier alpha value is -3.57. The third-order valence-electron chi connectivity index (χ3n) is 4.99. The van der Waals surface area contributed by atoms with E-state index >= 15 is 0 Å². The van der Waals surface area contributed by atoms with Gasteiger partial charge in [-0.15, -0.1) is 11.3 Å². The van der Waals surface area contributed by atoms with Crippen molar-refractivity contribution >= 4 is 40.4 Å². The van der Waals surface area contributed by atoms with Crippen molar-refractivity contribution in [3.05, 3.63) is 87.2 Å². The Morgan fingerprint density at radius 2 is 1.89 bits per heavy atom. The lowest BCUT2D eigenvalue weighted by atomic mass is 10.0. The first kappa shape index (κ1) is 24.6. The Morgan fingerprint density at radius 3 is 2.60 bits per heavy atom. The predicted octanol–water partition coefficient (Wildman–Crippen LogP) is 6.02. The van der Waals surface area contributed by atoms with Crippen LogP contribution in [0.25, 0.3) is 5.69 Å². The summed E-state index contributed by atoms with van der Waals surface area (Å²) in [6.07, 6.45) is 0.742. The van der Waals surface area contributed by atoms with Crippen molar-refractivity contribution < 1.29 is 22.8 Å². The van der Waals surface area contributed by atoms with E-state index in [0.29, 0.717) is 16.6 Å². The van der Waals surface area contributed by atoms with Gasteiger partial charge in [-0.25, -0.2) is 14.6 Å². The second kappa shape index (κ2) is 9.96. The molecule has 1 amide bonds. The largest absolute Gasteiger partial charge is 0.418 e. The van der Waals surface area contributed by atoms with Crippen molar-refractivity contribution in [1.82, 2.24) is 19.7 Å². The molecule has 4 aromatic rings. The monoisotopic (exact) mass is 519 g/mol. The number of Topliss-reactive ketones (excluding diaryl/α,β-unsaturated/α-hetero) is 1. The number of carbonyl (C=O) groups excluding carboxylic acids is 2. The highest BCUT2D eigenvalue weighted by Crippen LogP contribution is 2.35. The first-order valence-corrected chi connectivity index (χ1v) is 11.4. The standard InChI is InChI=1S/C23H17ClF3N5O2S/c1-13(7-18(33)14-9-30-32(12-14)15-5-3-2-4-6-15)22-29-11-19(35-22)21(34)31-20-8-16(23(25,26)27)17(24)10-28-20/h2-6,8-13H,7H2,1H3,(H,28,31,34)/t13-/m0/s1. The van der Waals surface area contributed by atoms with Crippen molar-refractivity contribution in [3.63, 3.8) is 0 Å². The molecule has 0 radical (unpaired) electrons. The van der Waals surface area contributed by atoms with Crippen molar-refractivity contribution in [2.45, 2.75) is 25.4 Å². The summed E-state index contributed by atoms with van der Waals surface area (Å²) in [5.41, 5.74) is 0.175. The topological polar surface area (TPSA) is 89.8 Å². The average Bonchev–Trinajstić information content (AvgIpc) is 3.51. The number of carbonyl (C=O) groups is 2. The molecular weight excluding hydrogens is 503 g/mol. The molecule has 0 spiro atoms. The van der Waals surface area contributed by atoms with E-state index in [1.165, 1.54) is 12.4 Å². The number of alkyl halides is 3. The highest BCUT2D eigenvalue weighted by atomic mass is 35.5. The Morgan fingerprint density at radius 1 is 1.14 bits per heavy atom. The number of hydrogen-bond donors (Lipinski definition) is 1. The Balaban J connectivity index is 1.41. The van der Waals surface area contributed by atoms with Crippen molar-refractivity contribution in [2.24, 2.45) is 0 Å². The molecule has 3 heterocycles. The summed E-state index contributed by atoms with van der Waals surface area (Å²) in [6.45, 7) is 1.80. The summed E-state index contributed by atoms with van der Waals surface area (Å²) in [5.74, 6) is -1.38. The van der Waals surface area contributed by atoms with Crippen LogP contribution in [0.15, 0.2) is 61.2 Å². The van der Waals surface area contributed by atoms with Crippen LogP contribution >= 0.6 is 22.9 Å². The molecule has 0 fully saturated rings. The van der Waals surface area contributed by atoms with Crippen LogP contribution in [0.2, 0.25) is 5.02 Å². The van der Waals surface area contributed by atoms with E-state index in [2.05, 4.69) is 20.4 Å². The van der Waals surface area contributed by atoms with Crippen LogP contribution in [-0.4, -0.2) is 31.4 Å². The fourth-order valence-electron chi connectivity index (χ4n) is 3.19. The molecule has 4 rings (SSSR count). The van der Waals surface area contributed by atoms with Crippen LogP contribution < -0.4 is 5.32 Å². The second-order valence-electron chi connectivity index (χ2n) is 7.60. The number of anilines is 1. The first-order valence-electron chi connectivity index (χ1n) is 10.2. The maximum Gasteiger partial charge on any atom is 0.418 e. The van der Waals surface area contributed by atoms with Gasteiger partial charge in [-0.3, -0.25) is 9.59 Å². The molecule has 7 nitrogen and oxygen atoms in total. The fraction of sp³-hybridized carbons (Fsp3) is 0.174. The normalized spacial score (nSPS) is 12.4.